The number of amides is 1. The van der Waals surface area contributed by atoms with Gasteiger partial charge in [0.1, 0.15) is 10.7 Å². The van der Waals surface area contributed by atoms with Crippen LogP contribution in [0.2, 0.25) is 5.02 Å². The van der Waals surface area contributed by atoms with Crippen molar-refractivity contribution in [2.45, 2.75) is 11.6 Å². The highest BCUT2D eigenvalue weighted by Gasteiger charge is 2.11. The molecular weight excluding hydrogens is 400 g/mol. The van der Waals surface area contributed by atoms with Gasteiger partial charge < -0.3 is 5.32 Å². The standard InChI is InChI=1S/C19H15ClN4OS2/c20-14-5-3-13(4-6-14)11-22-18(25)12-27-19-16-10-15(17-2-1-9-26-17)23-24(16)8-7-21-19/h1-10H,11-12H2,(H,22,25). The van der Waals surface area contributed by atoms with Crippen LogP contribution >= 0.6 is 34.7 Å². The molecule has 0 aliphatic carbocycles. The lowest BCUT2D eigenvalue weighted by molar-refractivity contribution is -0.118. The Morgan fingerprint density at radius 1 is 1.26 bits per heavy atom. The maximum absolute atomic E-state index is 12.2. The molecule has 5 nitrogen and oxygen atoms in total. The lowest BCUT2D eigenvalue weighted by Gasteiger charge is -2.06. The van der Waals surface area contributed by atoms with Crippen molar-refractivity contribution < 1.29 is 4.79 Å². The number of hydrogen-bond donors (Lipinski definition) is 1. The zero-order chi connectivity index (χ0) is 18.6. The summed E-state index contributed by atoms with van der Waals surface area (Å²) in [5.41, 5.74) is 2.82. The molecule has 27 heavy (non-hydrogen) atoms. The van der Waals surface area contributed by atoms with Gasteiger partial charge in [-0.05, 0) is 35.2 Å². The molecule has 4 aromatic rings. The molecule has 0 bridgehead atoms. The summed E-state index contributed by atoms with van der Waals surface area (Å²) in [5.74, 6) is 0.247. The van der Waals surface area contributed by atoms with E-state index in [0.717, 1.165) is 26.7 Å². The Hall–Kier alpha value is -2.35. The minimum atomic E-state index is -0.0447. The maximum Gasteiger partial charge on any atom is 0.230 e. The van der Waals surface area contributed by atoms with Crippen LogP contribution in [0.5, 0.6) is 0 Å². The normalized spacial score (nSPS) is 11.0. The van der Waals surface area contributed by atoms with Gasteiger partial charge in [0, 0.05) is 24.0 Å². The van der Waals surface area contributed by atoms with Crippen LogP contribution in [0, 0.1) is 0 Å². The van der Waals surface area contributed by atoms with Gasteiger partial charge in [0.2, 0.25) is 5.91 Å². The first-order valence-electron chi connectivity index (χ1n) is 8.21. The van der Waals surface area contributed by atoms with Gasteiger partial charge in [-0.3, -0.25) is 4.79 Å². The third-order valence-corrected chi connectivity index (χ3v) is 6.01. The predicted molar refractivity (Wildman–Crippen MR) is 110 cm³/mol. The van der Waals surface area contributed by atoms with Crippen LogP contribution in [-0.4, -0.2) is 26.3 Å². The second-order valence-corrected chi connectivity index (χ2v) is 8.11. The molecule has 0 aliphatic heterocycles. The van der Waals surface area contributed by atoms with E-state index in [-0.39, 0.29) is 5.91 Å². The number of nitrogens with one attached hydrogen (secondary N) is 1. The highest BCUT2D eigenvalue weighted by Crippen LogP contribution is 2.28. The lowest BCUT2D eigenvalue weighted by Crippen LogP contribution is -2.24. The fourth-order valence-corrected chi connectivity index (χ4v) is 4.15. The summed E-state index contributed by atoms with van der Waals surface area (Å²) in [6, 6.07) is 13.5. The molecule has 1 N–H and O–H groups in total. The van der Waals surface area contributed by atoms with Crippen molar-refractivity contribution in [2.24, 2.45) is 0 Å². The Kier molecular flexibility index (Phi) is 5.42. The molecule has 0 spiro atoms. The SMILES string of the molecule is O=C(CSc1nccn2nc(-c3cccs3)cc12)NCc1ccc(Cl)cc1. The van der Waals surface area contributed by atoms with Crippen LogP contribution in [-0.2, 0) is 11.3 Å². The molecule has 0 saturated carbocycles. The van der Waals surface area contributed by atoms with Gasteiger partial charge in [-0.1, -0.05) is 41.6 Å². The second-order valence-electron chi connectivity index (χ2n) is 5.76. The molecule has 3 aromatic heterocycles. The number of hydrogen-bond acceptors (Lipinski definition) is 5. The summed E-state index contributed by atoms with van der Waals surface area (Å²) < 4.78 is 1.80. The molecule has 0 saturated heterocycles. The Bertz CT molecular complexity index is 1060. The second kappa shape index (κ2) is 8.12. The number of thiophene rings is 1. The summed E-state index contributed by atoms with van der Waals surface area (Å²) in [4.78, 5) is 17.7. The molecule has 4 rings (SSSR count). The fourth-order valence-electron chi connectivity index (χ4n) is 2.54. The van der Waals surface area contributed by atoms with Crippen molar-refractivity contribution in [3.05, 3.63) is 70.8 Å². The van der Waals surface area contributed by atoms with E-state index in [9.17, 15) is 4.79 Å². The van der Waals surface area contributed by atoms with Crippen molar-refractivity contribution in [3.8, 4) is 10.6 Å². The largest absolute Gasteiger partial charge is 0.351 e. The topological polar surface area (TPSA) is 59.3 Å². The van der Waals surface area contributed by atoms with E-state index in [0.29, 0.717) is 17.3 Å². The summed E-state index contributed by atoms with van der Waals surface area (Å²) in [7, 11) is 0. The average Bonchev–Trinajstić information content (AvgIpc) is 3.35. The third-order valence-electron chi connectivity index (χ3n) is 3.87. The number of rotatable bonds is 6. The lowest BCUT2D eigenvalue weighted by atomic mass is 10.2. The van der Waals surface area contributed by atoms with E-state index in [1.165, 1.54) is 11.8 Å². The summed E-state index contributed by atoms with van der Waals surface area (Å²) in [5, 5.41) is 11.0. The molecule has 0 atom stereocenters. The molecule has 3 heterocycles. The molecule has 8 heteroatoms. The zero-order valence-electron chi connectivity index (χ0n) is 14.1. The van der Waals surface area contributed by atoms with Crippen LogP contribution in [0.4, 0.5) is 0 Å². The first-order chi connectivity index (χ1) is 13.2. The van der Waals surface area contributed by atoms with Crippen LogP contribution in [0.25, 0.3) is 16.1 Å². The van der Waals surface area contributed by atoms with Crippen LogP contribution in [0.1, 0.15) is 5.56 Å². The summed E-state index contributed by atoms with van der Waals surface area (Å²) in [6.07, 6.45) is 3.52. The predicted octanol–water partition coefficient (Wildman–Crippen LogP) is 4.52. The van der Waals surface area contributed by atoms with Crippen LogP contribution < -0.4 is 5.32 Å². The Morgan fingerprint density at radius 2 is 2.11 bits per heavy atom. The van der Waals surface area contributed by atoms with Gasteiger partial charge in [0.15, 0.2) is 0 Å². The minimum Gasteiger partial charge on any atom is -0.351 e. The number of thioether (sulfide) groups is 1. The smallest absolute Gasteiger partial charge is 0.230 e. The third kappa shape index (κ3) is 4.32. The minimum absolute atomic E-state index is 0.0447. The van der Waals surface area contributed by atoms with Crippen molar-refractivity contribution >= 4 is 46.1 Å². The van der Waals surface area contributed by atoms with Gasteiger partial charge in [-0.15, -0.1) is 11.3 Å². The van der Waals surface area contributed by atoms with E-state index in [2.05, 4.69) is 15.4 Å². The van der Waals surface area contributed by atoms with Gasteiger partial charge >= 0.3 is 0 Å². The van der Waals surface area contributed by atoms with Gasteiger partial charge in [-0.25, -0.2) is 9.50 Å². The fraction of sp³-hybridized carbons (Fsp3) is 0.105. The first-order valence-corrected chi connectivity index (χ1v) is 10.5. The molecule has 0 unspecified atom stereocenters. The number of fused-ring (bicyclic) bond motifs is 1. The molecule has 1 aromatic carbocycles. The molecule has 0 fully saturated rings. The zero-order valence-corrected chi connectivity index (χ0v) is 16.5. The molecule has 136 valence electrons. The highest BCUT2D eigenvalue weighted by atomic mass is 35.5. The summed E-state index contributed by atoms with van der Waals surface area (Å²) >= 11 is 8.92. The van der Waals surface area contributed by atoms with Crippen molar-refractivity contribution in [1.29, 1.82) is 0 Å². The van der Waals surface area contributed by atoms with Crippen molar-refractivity contribution in [3.63, 3.8) is 0 Å². The Morgan fingerprint density at radius 3 is 2.89 bits per heavy atom. The molecule has 1 amide bonds. The van der Waals surface area contributed by atoms with E-state index < -0.39 is 0 Å². The molecule has 0 radical (unpaired) electrons. The Balaban J connectivity index is 1.41. The van der Waals surface area contributed by atoms with Gasteiger partial charge in [0.05, 0.1) is 16.1 Å². The molecule has 0 aliphatic rings. The quantitative estimate of drug-likeness (QED) is 0.471. The number of aromatic nitrogens is 3. The van der Waals surface area contributed by atoms with E-state index in [4.69, 9.17) is 11.6 Å². The van der Waals surface area contributed by atoms with E-state index in [1.54, 1.807) is 22.0 Å². The Labute approximate surface area is 169 Å². The van der Waals surface area contributed by atoms with E-state index in [1.807, 2.05) is 54.0 Å². The number of nitrogens with zero attached hydrogens (tertiary/aromatic N) is 3. The van der Waals surface area contributed by atoms with E-state index >= 15 is 0 Å². The van der Waals surface area contributed by atoms with Crippen LogP contribution in [0.3, 0.4) is 0 Å². The highest BCUT2D eigenvalue weighted by molar-refractivity contribution is 8.00. The van der Waals surface area contributed by atoms with Crippen molar-refractivity contribution in [2.75, 3.05) is 5.75 Å². The number of carbonyl (C=O) groups is 1. The van der Waals surface area contributed by atoms with Crippen molar-refractivity contribution in [1.82, 2.24) is 19.9 Å². The number of carbonyl (C=O) groups excluding carboxylic acids is 1. The monoisotopic (exact) mass is 414 g/mol. The average molecular weight is 415 g/mol. The number of halogens is 1. The molecular formula is C19H15ClN4OS2. The first kappa shape index (κ1) is 18.0. The summed E-state index contributed by atoms with van der Waals surface area (Å²) in [6.45, 7) is 0.476. The van der Waals surface area contributed by atoms with Crippen LogP contribution in [0.15, 0.2) is 65.3 Å². The maximum atomic E-state index is 12.2. The number of benzene rings is 1. The van der Waals surface area contributed by atoms with Gasteiger partial charge in [0.25, 0.3) is 0 Å². The van der Waals surface area contributed by atoms with Gasteiger partial charge in [-0.2, -0.15) is 5.10 Å².